The van der Waals surface area contributed by atoms with Crippen molar-refractivity contribution < 1.29 is 18.0 Å². The fourth-order valence-corrected chi connectivity index (χ4v) is 4.58. The van der Waals surface area contributed by atoms with Crippen molar-refractivity contribution in [2.75, 3.05) is 23.7 Å². The van der Waals surface area contributed by atoms with Crippen LogP contribution in [0.1, 0.15) is 38.3 Å². The molecule has 0 saturated heterocycles. The topological polar surface area (TPSA) is 86.8 Å². The van der Waals surface area contributed by atoms with E-state index in [1.165, 1.54) is 4.90 Å². The molecule has 7 nitrogen and oxygen atoms in total. The summed E-state index contributed by atoms with van der Waals surface area (Å²) in [6, 6.07) is 13.4. The fourth-order valence-electron chi connectivity index (χ4n) is 3.53. The summed E-state index contributed by atoms with van der Waals surface area (Å²) in [5.41, 5.74) is 2.13. The second kappa shape index (κ2) is 12.0. The fraction of sp³-hybridized carbons (Fsp3) is 0.417. The minimum Gasteiger partial charge on any atom is -0.355 e. The molecule has 2 aromatic rings. The lowest BCUT2D eigenvalue weighted by molar-refractivity contribution is -0.140. The smallest absolute Gasteiger partial charge is 0.244 e. The van der Waals surface area contributed by atoms with Crippen LogP contribution < -0.4 is 9.62 Å². The van der Waals surface area contributed by atoms with E-state index in [1.807, 2.05) is 26.0 Å². The predicted molar refractivity (Wildman–Crippen MR) is 133 cm³/mol. The van der Waals surface area contributed by atoms with E-state index < -0.39 is 28.5 Å². The molecule has 0 unspecified atom stereocenters. The number of nitrogens with zero attached hydrogens (tertiary/aromatic N) is 2. The van der Waals surface area contributed by atoms with Crippen molar-refractivity contribution in [3.05, 3.63) is 64.7 Å². The Morgan fingerprint density at radius 2 is 1.67 bits per heavy atom. The quantitative estimate of drug-likeness (QED) is 0.518. The number of rotatable bonds is 11. The number of halogens is 1. The van der Waals surface area contributed by atoms with Crippen LogP contribution in [0.25, 0.3) is 0 Å². The number of likely N-dealkylation sites (N-methyl/N-ethyl adjacent to an activating group) is 1. The van der Waals surface area contributed by atoms with Crippen LogP contribution in [-0.2, 0) is 32.6 Å². The van der Waals surface area contributed by atoms with Crippen LogP contribution in [0.3, 0.4) is 0 Å². The first kappa shape index (κ1) is 26.7. The molecule has 0 aromatic heterocycles. The zero-order chi connectivity index (χ0) is 24.6. The Morgan fingerprint density at radius 3 is 2.18 bits per heavy atom. The zero-order valence-electron chi connectivity index (χ0n) is 19.5. The lowest BCUT2D eigenvalue weighted by Gasteiger charge is -2.33. The van der Waals surface area contributed by atoms with E-state index in [-0.39, 0.29) is 12.5 Å². The van der Waals surface area contributed by atoms with Crippen molar-refractivity contribution in [2.45, 2.75) is 46.2 Å². The number of aryl methyl sites for hydroxylation is 1. The highest BCUT2D eigenvalue weighted by molar-refractivity contribution is 7.92. The number of amides is 2. The van der Waals surface area contributed by atoms with Gasteiger partial charge in [-0.1, -0.05) is 55.8 Å². The molecule has 0 saturated carbocycles. The van der Waals surface area contributed by atoms with Gasteiger partial charge in [0.05, 0.1) is 11.9 Å². The largest absolute Gasteiger partial charge is 0.355 e. The molecule has 0 bridgehead atoms. The lowest BCUT2D eigenvalue weighted by atomic mass is 10.1. The van der Waals surface area contributed by atoms with Gasteiger partial charge in [-0.2, -0.15) is 0 Å². The summed E-state index contributed by atoms with van der Waals surface area (Å²) in [5.74, 6) is -0.781. The third-order valence-corrected chi connectivity index (χ3v) is 6.86. The lowest BCUT2D eigenvalue weighted by Crippen LogP contribution is -2.52. The monoisotopic (exact) mass is 493 g/mol. The summed E-state index contributed by atoms with van der Waals surface area (Å²) in [6.45, 7) is 5.69. The van der Waals surface area contributed by atoms with Crippen LogP contribution in [0.5, 0.6) is 0 Å². The second-order valence-corrected chi connectivity index (χ2v) is 10.0. The number of hydrogen-bond acceptors (Lipinski definition) is 4. The van der Waals surface area contributed by atoms with Crippen molar-refractivity contribution in [3.63, 3.8) is 0 Å². The molecule has 2 aromatic carbocycles. The molecule has 180 valence electrons. The van der Waals surface area contributed by atoms with E-state index in [1.54, 1.807) is 43.3 Å². The van der Waals surface area contributed by atoms with Crippen LogP contribution in [0.2, 0.25) is 5.02 Å². The van der Waals surface area contributed by atoms with Gasteiger partial charge in [0.25, 0.3) is 0 Å². The SMILES string of the molecule is CCNC(=O)[C@H](CC)N(Cc1ccccc1Cl)C(=O)CN(c1ccc(CC)cc1)S(C)(=O)=O. The number of benzene rings is 2. The number of carbonyl (C=O) groups is 2. The van der Waals surface area contributed by atoms with Gasteiger partial charge in [-0.15, -0.1) is 0 Å². The third-order valence-electron chi connectivity index (χ3n) is 5.35. The highest BCUT2D eigenvalue weighted by Gasteiger charge is 2.31. The van der Waals surface area contributed by atoms with Crippen molar-refractivity contribution in [1.29, 1.82) is 0 Å². The average Bonchev–Trinajstić information content (AvgIpc) is 2.78. The van der Waals surface area contributed by atoms with Crippen LogP contribution >= 0.6 is 11.6 Å². The Hall–Kier alpha value is -2.58. The minimum atomic E-state index is -3.75. The molecule has 2 amide bonds. The first-order valence-electron chi connectivity index (χ1n) is 11.0. The summed E-state index contributed by atoms with van der Waals surface area (Å²) >= 11 is 6.32. The van der Waals surface area contributed by atoms with E-state index in [0.717, 1.165) is 22.5 Å². The number of sulfonamides is 1. The van der Waals surface area contributed by atoms with Gasteiger partial charge in [0.2, 0.25) is 21.8 Å². The zero-order valence-corrected chi connectivity index (χ0v) is 21.1. The van der Waals surface area contributed by atoms with Gasteiger partial charge >= 0.3 is 0 Å². The summed E-state index contributed by atoms with van der Waals surface area (Å²) in [7, 11) is -3.75. The molecule has 0 fully saturated rings. The Morgan fingerprint density at radius 1 is 1.03 bits per heavy atom. The molecule has 0 aliphatic heterocycles. The Kier molecular flexibility index (Phi) is 9.73. The molecular formula is C24H32ClN3O4S. The van der Waals surface area contributed by atoms with Crippen LogP contribution in [-0.4, -0.2) is 50.5 Å². The molecule has 0 aliphatic rings. The number of carbonyl (C=O) groups excluding carboxylic acids is 2. The van der Waals surface area contributed by atoms with Crippen LogP contribution in [0.4, 0.5) is 5.69 Å². The number of nitrogens with one attached hydrogen (secondary N) is 1. The summed E-state index contributed by atoms with van der Waals surface area (Å²) < 4.78 is 26.2. The summed E-state index contributed by atoms with van der Waals surface area (Å²) in [5, 5.41) is 3.23. The molecule has 0 aliphatic carbocycles. The van der Waals surface area contributed by atoms with E-state index >= 15 is 0 Å². The highest BCUT2D eigenvalue weighted by Crippen LogP contribution is 2.22. The van der Waals surface area contributed by atoms with Gasteiger partial charge in [-0.05, 0) is 49.1 Å². The number of hydrogen-bond donors (Lipinski definition) is 1. The van der Waals surface area contributed by atoms with Crippen LogP contribution in [0.15, 0.2) is 48.5 Å². The van der Waals surface area contributed by atoms with Crippen molar-refractivity contribution in [3.8, 4) is 0 Å². The van der Waals surface area contributed by atoms with Crippen molar-refractivity contribution >= 4 is 39.1 Å². The van der Waals surface area contributed by atoms with E-state index in [2.05, 4.69) is 5.32 Å². The molecule has 0 spiro atoms. The normalized spacial score (nSPS) is 12.2. The first-order valence-corrected chi connectivity index (χ1v) is 13.2. The maximum atomic E-state index is 13.5. The van der Waals surface area contributed by atoms with Gasteiger partial charge < -0.3 is 10.2 Å². The van der Waals surface area contributed by atoms with Gasteiger partial charge in [0.1, 0.15) is 12.6 Å². The van der Waals surface area contributed by atoms with Crippen molar-refractivity contribution in [1.82, 2.24) is 10.2 Å². The maximum absolute atomic E-state index is 13.5. The Labute approximate surface area is 201 Å². The van der Waals surface area contributed by atoms with Gasteiger partial charge in [0, 0.05) is 18.1 Å². The second-order valence-electron chi connectivity index (χ2n) is 7.72. The van der Waals surface area contributed by atoms with Crippen LogP contribution in [0, 0.1) is 0 Å². The molecule has 1 N–H and O–H groups in total. The number of anilines is 1. The van der Waals surface area contributed by atoms with E-state index in [0.29, 0.717) is 29.2 Å². The Bertz CT molecular complexity index is 1060. The molecule has 9 heteroatoms. The average molecular weight is 494 g/mol. The molecule has 33 heavy (non-hydrogen) atoms. The van der Waals surface area contributed by atoms with Gasteiger partial charge in [-0.3, -0.25) is 13.9 Å². The molecule has 0 radical (unpaired) electrons. The van der Waals surface area contributed by atoms with Gasteiger partial charge in [0.15, 0.2) is 0 Å². The standard InChI is InChI=1S/C24H32ClN3O4S/c1-5-18-12-14-20(15-13-18)28(33(4,31)32)17-23(29)27(22(6-2)24(30)26-7-3)16-19-10-8-9-11-21(19)25/h8-15,22H,5-7,16-17H2,1-4H3,(H,26,30)/t22-/m0/s1. The van der Waals surface area contributed by atoms with E-state index in [4.69, 9.17) is 11.6 Å². The Balaban J connectivity index is 2.43. The molecule has 1 atom stereocenters. The third kappa shape index (κ3) is 7.20. The van der Waals surface area contributed by atoms with Crippen molar-refractivity contribution in [2.24, 2.45) is 0 Å². The molecule has 0 heterocycles. The molecular weight excluding hydrogens is 462 g/mol. The maximum Gasteiger partial charge on any atom is 0.244 e. The van der Waals surface area contributed by atoms with Gasteiger partial charge in [-0.25, -0.2) is 8.42 Å². The highest BCUT2D eigenvalue weighted by atomic mass is 35.5. The first-order chi connectivity index (χ1) is 15.6. The van der Waals surface area contributed by atoms with E-state index in [9.17, 15) is 18.0 Å². The molecule has 2 rings (SSSR count). The minimum absolute atomic E-state index is 0.0839. The predicted octanol–water partition coefficient (Wildman–Crippen LogP) is 3.61. The summed E-state index contributed by atoms with van der Waals surface area (Å²) in [6.07, 6.45) is 2.24. The summed E-state index contributed by atoms with van der Waals surface area (Å²) in [4.78, 5) is 27.7.